The van der Waals surface area contributed by atoms with E-state index in [1.165, 1.54) is 32.1 Å². The summed E-state index contributed by atoms with van der Waals surface area (Å²) in [7, 11) is 0. The molecule has 0 bridgehead atoms. The molecule has 1 atom stereocenters. The van der Waals surface area contributed by atoms with Gasteiger partial charge in [-0.15, -0.1) is 0 Å². The fourth-order valence-corrected chi connectivity index (χ4v) is 2.08. The molecule has 0 aliphatic rings. The summed E-state index contributed by atoms with van der Waals surface area (Å²) in [5, 5.41) is 16.8. The van der Waals surface area contributed by atoms with Gasteiger partial charge in [-0.05, 0) is 12.8 Å². The number of hydrogen-bond acceptors (Lipinski definition) is 2. The molecule has 2 N–H and O–H groups in total. The molecular formula is C16H31BrO4. The molecule has 0 spiro atoms. The van der Waals surface area contributed by atoms with Gasteiger partial charge in [0, 0.05) is 6.42 Å². The van der Waals surface area contributed by atoms with Gasteiger partial charge < -0.3 is 10.2 Å². The molecule has 0 aliphatic heterocycles. The molecule has 0 rings (SSSR count). The van der Waals surface area contributed by atoms with E-state index >= 15 is 0 Å². The largest absolute Gasteiger partial charge is 0.481 e. The Kier molecular flexibility index (Phi) is 18.9. The number of carboxylic acid groups (broad SMARTS) is 2. The van der Waals surface area contributed by atoms with Crippen LogP contribution in [-0.4, -0.2) is 27.0 Å². The molecule has 0 saturated heterocycles. The quantitative estimate of drug-likeness (QED) is 0.366. The van der Waals surface area contributed by atoms with Crippen LogP contribution >= 0.6 is 15.9 Å². The number of aliphatic carboxylic acids is 2. The van der Waals surface area contributed by atoms with Gasteiger partial charge in [-0.2, -0.15) is 0 Å². The van der Waals surface area contributed by atoms with Crippen LogP contribution in [0, 0.1) is 0 Å². The fraction of sp³-hybridized carbons (Fsp3) is 0.875. The maximum atomic E-state index is 10.3. The van der Waals surface area contributed by atoms with Gasteiger partial charge in [-0.3, -0.25) is 9.59 Å². The van der Waals surface area contributed by atoms with Crippen molar-refractivity contribution >= 4 is 27.9 Å². The molecule has 5 heteroatoms. The third-order valence-electron chi connectivity index (χ3n) is 3.07. The van der Waals surface area contributed by atoms with Crippen molar-refractivity contribution in [3.63, 3.8) is 0 Å². The number of halogens is 1. The minimum Gasteiger partial charge on any atom is -0.481 e. The Balaban J connectivity index is 0. The maximum Gasteiger partial charge on any atom is 0.317 e. The highest BCUT2D eigenvalue weighted by Crippen LogP contribution is 2.11. The molecule has 0 saturated carbocycles. The molecule has 0 aromatic carbocycles. The monoisotopic (exact) mass is 366 g/mol. The van der Waals surface area contributed by atoms with E-state index in [4.69, 9.17) is 10.2 Å². The van der Waals surface area contributed by atoms with Crippen LogP contribution in [0.1, 0.15) is 84.5 Å². The molecule has 126 valence electrons. The number of hydrogen-bond donors (Lipinski definition) is 2. The molecule has 1 unspecified atom stereocenters. The van der Waals surface area contributed by atoms with Crippen molar-refractivity contribution in [3.8, 4) is 0 Å². The van der Waals surface area contributed by atoms with Gasteiger partial charge in [0.05, 0.1) is 0 Å². The SMILES string of the molecule is CCCCCCC(Br)C(=O)O.CCCCCCCC(=O)O. The molecule has 0 aromatic heterocycles. The first-order valence-corrected chi connectivity index (χ1v) is 8.95. The van der Waals surface area contributed by atoms with Crippen LogP contribution in [0.25, 0.3) is 0 Å². The fourth-order valence-electron chi connectivity index (χ4n) is 1.75. The predicted octanol–water partition coefficient (Wildman–Crippen LogP) is 5.24. The summed E-state index contributed by atoms with van der Waals surface area (Å²) in [4.78, 5) is 20.0. The van der Waals surface area contributed by atoms with Crippen molar-refractivity contribution in [2.75, 3.05) is 0 Å². The zero-order valence-corrected chi connectivity index (χ0v) is 15.0. The smallest absolute Gasteiger partial charge is 0.317 e. The Morgan fingerprint density at radius 1 is 0.857 bits per heavy atom. The van der Waals surface area contributed by atoms with Crippen LogP contribution in [0.4, 0.5) is 0 Å². The van der Waals surface area contributed by atoms with Crippen LogP contribution < -0.4 is 0 Å². The Labute approximate surface area is 137 Å². The van der Waals surface area contributed by atoms with E-state index in [2.05, 4.69) is 29.8 Å². The van der Waals surface area contributed by atoms with Gasteiger partial charge >= 0.3 is 11.9 Å². The van der Waals surface area contributed by atoms with Crippen molar-refractivity contribution in [1.82, 2.24) is 0 Å². The van der Waals surface area contributed by atoms with Crippen LogP contribution in [0.3, 0.4) is 0 Å². The van der Waals surface area contributed by atoms with E-state index in [-0.39, 0.29) is 4.83 Å². The van der Waals surface area contributed by atoms with Crippen LogP contribution in [0.2, 0.25) is 0 Å². The lowest BCUT2D eigenvalue weighted by atomic mass is 10.1. The Morgan fingerprint density at radius 3 is 1.76 bits per heavy atom. The van der Waals surface area contributed by atoms with E-state index in [9.17, 15) is 9.59 Å². The van der Waals surface area contributed by atoms with Gasteiger partial charge in [0.15, 0.2) is 0 Å². The van der Waals surface area contributed by atoms with E-state index < -0.39 is 11.9 Å². The summed E-state index contributed by atoms with van der Waals surface area (Å²) in [6.07, 6.45) is 11.2. The first-order chi connectivity index (χ1) is 9.95. The van der Waals surface area contributed by atoms with Crippen molar-refractivity contribution in [1.29, 1.82) is 0 Å². The number of alkyl halides is 1. The van der Waals surface area contributed by atoms with E-state index in [0.29, 0.717) is 6.42 Å². The first-order valence-electron chi connectivity index (χ1n) is 8.04. The lowest BCUT2D eigenvalue weighted by Crippen LogP contribution is -2.11. The van der Waals surface area contributed by atoms with Crippen molar-refractivity contribution in [2.45, 2.75) is 89.3 Å². The lowest BCUT2D eigenvalue weighted by molar-refractivity contribution is -0.137. The summed E-state index contributed by atoms with van der Waals surface area (Å²) in [5.41, 5.74) is 0. The first kappa shape index (κ1) is 22.7. The molecule has 21 heavy (non-hydrogen) atoms. The van der Waals surface area contributed by atoms with Gasteiger partial charge in [0.2, 0.25) is 0 Å². The summed E-state index contributed by atoms with van der Waals surface area (Å²) in [5.74, 6) is -1.42. The number of unbranched alkanes of at least 4 members (excludes halogenated alkanes) is 7. The minimum absolute atomic E-state index is 0.337. The highest BCUT2D eigenvalue weighted by atomic mass is 79.9. The third-order valence-corrected chi connectivity index (χ3v) is 3.92. The zero-order valence-electron chi connectivity index (χ0n) is 13.4. The molecule has 0 fully saturated rings. The number of carbonyl (C=O) groups is 2. The molecule has 0 amide bonds. The lowest BCUT2D eigenvalue weighted by Gasteiger charge is -2.02. The minimum atomic E-state index is -0.749. The van der Waals surface area contributed by atoms with Crippen LogP contribution in [0.5, 0.6) is 0 Å². The van der Waals surface area contributed by atoms with Crippen LogP contribution in [0.15, 0.2) is 0 Å². The summed E-state index contributed by atoms with van der Waals surface area (Å²) >= 11 is 3.09. The highest BCUT2D eigenvalue weighted by molar-refractivity contribution is 9.10. The van der Waals surface area contributed by atoms with Crippen LogP contribution in [-0.2, 0) is 9.59 Å². The molecule has 0 heterocycles. The Bertz CT molecular complexity index is 257. The highest BCUT2D eigenvalue weighted by Gasteiger charge is 2.11. The van der Waals surface area contributed by atoms with E-state index in [1.54, 1.807) is 0 Å². The third kappa shape index (κ3) is 21.9. The van der Waals surface area contributed by atoms with Crippen molar-refractivity contribution in [2.24, 2.45) is 0 Å². The molecule has 0 radical (unpaired) electrons. The number of rotatable bonds is 12. The summed E-state index contributed by atoms with van der Waals surface area (Å²) in [6, 6.07) is 0. The molecule has 4 nitrogen and oxygen atoms in total. The summed E-state index contributed by atoms with van der Waals surface area (Å²) < 4.78 is 0. The second-order valence-corrected chi connectivity index (χ2v) is 6.32. The Morgan fingerprint density at radius 2 is 1.33 bits per heavy atom. The average Bonchev–Trinajstić information content (AvgIpc) is 2.43. The molecule has 0 aliphatic carbocycles. The zero-order chi connectivity index (χ0) is 16.5. The maximum absolute atomic E-state index is 10.3. The second kappa shape index (κ2) is 17.5. The van der Waals surface area contributed by atoms with Gasteiger partial charge in [-0.25, -0.2) is 0 Å². The van der Waals surface area contributed by atoms with Crippen molar-refractivity contribution < 1.29 is 19.8 Å². The van der Waals surface area contributed by atoms with Crippen molar-refractivity contribution in [3.05, 3.63) is 0 Å². The summed E-state index contributed by atoms with van der Waals surface area (Å²) in [6.45, 7) is 4.29. The predicted molar refractivity (Wildman–Crippen MR) is 90.1 cm³/mol. The normalized spacial score (nSPS) is 11.4. The van der Waals surface area contributed by atoms with Gasteiger partial charge in [-0.1, -0.05) is 81.1 Å². The van der Waals surface area contributed by atoms with E-state index in [1.807, 2.05) is 0 Å². The average molecular weight is 367 g/mol. The molecular weight excluding hydrogens is 336 g/mol. The molecule has 0 aromatic rings. The second-order valence-electron chi connectivity index (χ2n) is 5.21. The van der Waals surface area contributed by atoms with Gasteiger partial charge in [0.25, 0.3) is 0 Å². The Hall–Kier alpha value is -0.580. The number of carboxylic acids is 2. The van der Waals surface area contributed by atoms with E-state index in [0.717, 1.165) is 32.1 Å². The standard InChI is InChI=1S/C8H15BrO2.C8H16O2/c1-2-3-4-5-6-7(9)8(10)11;1-2-3-4-5-6-7-8(9)10/h7H,2-6H2,1H3,(H,10,11);2-7H2,1H3,(H,9,10). The van der Waals surface area contributed by atoms with Gasteiger partial charge in [0.1, 0.15) is 4.83 Å². The topological polar surface area (TPSA) is 74.6 Å².